The molecule has 1 nitrogen and oxygen atoms in total. The molecule has 2 aliphatic carbocycles. The van der Waals surface area contributed by atoms with Crippen molar-refractivity contribution in [2.24, 2.45) is 10.8 Å². The van der Waals surface area contributed by atoms with Crippen molar-refractivity contribution < 1.29 is 4.74 Å². The van der Waals surface area contributed by atoms with Crippen LogP contribution < -0.4 is 0 Å². The Morgan fingerprint density at radius 2 is 1.13 bits per heavy atom. The van der Waals surface area contributed by atoms with Gasteiger partial charge in [-0.2, -0.15) is 0 Å². The Morgan fingerprint density at radius 1 is 0.645 bits per heavy atom. The summed E-state index contributed by atoms with van der Waals surface area (Å²) >= 11 is 0. The Balaban J connectivity index is 1.88. The first-order chi connectivity index (χ1) is 15.2. The van der Waals surface area contributed by atoms with E-state index in [1.807, 2.05) is 0 Å². The number of hydrogen-bond acceptors (Lipinski definition) is 1. The summed E-state index contributed by atoms with van der Waals surface area (Å²) in [5.74, 6) is 0. The molecule has 2 rings (SSSR count). The van der Waals surface area contributed by atoms with Crippen LogP contribution in [0, 0.1) is 10.8 Å². The fraction of sp³-hybridized carbons (Fsp3) is 0.600. The standard InChI is InChI=1S/C30H46O/c1-3-5-7-9-11-15-21-29(23-17-13-18-24-29)27-31-28-30(25-19-14-20-26-30)22-16-12-10-8-6-4-2/h13-23,25H,3-12,24,26-28H2,1-2H3. The highest BCUT2D eigenvalue weighted by atomic mass is 16.5. The Bertz CT molecular complexity index is 591. The van der Waals surface area contributed by atoms with Crippen LogP contribution in [0.1, 0.15) is 90.9 Å². The van der Waals surface area contributed by atoms with Crippen molar-refractivity contribution in [2.45, 2.75) is 90.9 Å². The van der Waals surface area contributed by atoms with E-state index < -0.39 is 0 Å². The number of allylic oxidation sites excluding steroid dienone is 8. The number of rotatable bonds is 16. The maximum absolute atomic E-state index is 6.44. The van der Waals surface area contributed by atoms with Gasteiger partial charge in [0, 0.05) is 10.8 Å². The first-order valence-corrected chi connectivity index (χ1v) is 12.9. The van der Waals surface area contributed by atoms with Crippen molar-refractivity contribution in [3.63, 3.8) is 0 Å². The highest BCUT2D eigenvalue weighted by Gasteiger charge is 2.28. The van der Waals surface area contributed by atoms with Crippen molar-refractivity contribution in [1.82, 2.24) is 0 Å². The lowest BCUT2D eigenvalue weighted by molar-refractivity contribution is 0.0525. The van der Waals surface area contributed by atoms with Crippen LogP contribution in [-0.2, 0) is 4.74 Å². The summed E-state index contributed by atoms with van der Waals surface area (Å²) in [6.45, 7) is 6.05. The van der Waals surface area contributed by atoms with Crippen LogP contribution in [0.5, 0.6) is 0 Å². The highest BCUT2D eigenvalue weighted by molar-refractivity contribution is 5.24. The van der Waals surface area contributed by atoms with Crippen LogP contribution in [0.3, 0.4) is 0 Å². The number of ether oxygens (including phenoxy) is 1. The normalized spacial score (nSPS) is 25.4. The lowest BCUT2D eigenvalue weighted by atomic mass is 9.80. The largest absolute Gasteiger partial charge is 0.379 e. The van der Waals surface area contributed by atoms with Gasteiger partial charge in [-0.25, -0.2) is 0 Å². The molecule has 0 saturated heterocycles. The van der Waals surface area contributed by atoms with Gasteiger partial charge in [0.1, 0.15) is 0 Å². The molecule has 0 radical (unpaired) electrons. The molecule has 0 saturated carbocycles. The second kappa shape index (κ2) is 15.2. The monoisotopic (exact) mass is 422 g/mol. The molecule has 2 atom stereocenters. The first kappa shape index (κ1) is 25.7. The van der Waals surface area contributed by atoms with Crippen LogP contribution in [0.25, 0.3) is 0 Å². The topological polar surface area (TPSA) is 9.23 Å². The van der Waals surface area contributed by atoms with E-state index in [2.05, 4.69) is 86.8 Å². The van der Waals surface area contributed by atoms with E-state index in [0.717, 1.165) is 26.1 Å². The third kappa shape index (κ3) is 10.0. The fourth-order valence-corrected chi connectivity index (χ4v) is 4.37. The molecule has 0 aromatic heterocycles. The summed E-state index contributed by atoms with van der Waals surface area (Å²) in [4.78, 5) is 0. The summed E-state index contributed by atoms with van der Waals surface area (Å²) in [5.41, 5.74) is 0.0254. The van der Waals surface area contributed by atoms with Gasteiger partial charge in [0.2, 0.25) is 0 Å². The minimum absolute atomic E-state index is 0.0127. The quantitative estimate of drug-likeness (QED) is 0.178. The van der Waals surface area contributed by atoms with Gasteiger partial charge in [-0.15, -0.1) is 0 Å². The van der Waals surface area contributed by atoms with E-state index in [0.29, 0.717) is 0 Å². The molecule has 0 aromatic carbocycles. The summed E-state index contributed by atoms with van der Waals surface area (Å²) in [7, 11) is 0. The summed E-state index contributed by atoms with van der Waals surface area (Å²) in [5, 5.41) is 0. The van der Waals surface area contributed by atoms with Crippen LogP contribution in [0.4, 0.5) is 0 Å². The Labute approximate surface area is 192 Å². The predicted octanol–water partition coefficient (Wildman–Crippen LogP) is 9.06. The van der Waals surface area contributed by atoms with Crippen molar-refractivity contribution in [3.8, 4) is 0 Å². The van der Waals surface area contributed by atoms with Crippen molar-refractivity contribution >= 4 is 0 Å². The average molecular weight is 423 g/mol. The third-order valence-electron chi connectivity index (χ3n) is 6.44. The van der Waals surface area contributed by atoms with Gasteiger partial charge in [-0.05, 0) is 38.5 Å². The van der Waals surface area contributed by atoms with E-state index in [1.165, 1.54) is 64.2 Å². The Hall–Kier alpha value is -1.60. The van der Waals surface area contributed by atoms with Gasteiger partial charge < -0.3 is 4.74 Å². The molecule has 2 unspecified atom stereocenters. The van der Waals surface area contributed by atoms with Gasteiger partial charge >= 0.3 is 0 Å². The molecule has 0 amide bonds. The molecular weight excluding hydrogens is 376 g/mol. The van der Waals surface area contributed by atoms with Crippen molar-refractivity contribution in [2.75, 3.05) is 13.2 Å². The summed E-state index contributed by atoms with van der Waals surface area (Å²) in [6, 6.07) is 0. The molecule has 0 aliphatic heterocycles. The van der Waals surface area contributed by atoms with Gasteiger partial charge in [0.05, 0.1) is 13.2 Å². The average Bonchev–Trinajstić information content (AvgIpc) is 2.80. The molecule has 0 bridgehead atoms. The second-order valence-electron chi connectivity index (χ2n) is 9.45. The zero-order chi connectivity index (χ0) is 22.1. The van der Waals surface area contributed by atoms with Gasteiger partial charge in [-0.3, -0.25) is 0 Å². The minimum Gasteiger partial charge on any atom is -0.379 e. The predicted molar refractivity (Wildman–Crippen MR) is 137 cm³/mol. The number of hydrogen-bond donors (Lipinski definition) is 0. The zero-order valence-corrected chi connectivity index (χ0v) is 20.2. The maximum atomic E-state index is 6.44. The fourth-order valence-electron chi connectivity index (χ4n) is 4.37. The van der Waals surface area contributed by atoms with E-state index in [-0.39, 0.29) is 10.8 Å². The molecule has 172 valence electrons. The van der Waals surface area contributed by atoms with Crippen molar-refractivity contribution in [1.29, 1.82) is 0 Å². The van der Waals surface area contributed by atoms with Gasteiger partial charge in [0.25, 0.3) is 0 Å². The molecule has 1 heteroatoms. The lowest BCUT2D eigenvalue weighted by Gasteiger charge is -2.32. The maximum Gasteiger partial charge on any atom is 0.0595 e. The second-order valence-corrected chi connectivity index (χ2v) is 9.45. The highest BCUT2D eigenvalue weighted by Crippen LogP contribution is 2.34. The SMILES string of the molecule is CCCCCCC=CC1(COCC2(C=CCCCCCC)C=CC=CC2)C=CC=CC1. The van der Waals surface area contributed by atoms with Crippen LogP contribution >= 0.6 is 0 Å². The molecule has 31 heavy (non-hydrogen) atoms. The molecule has 0 fully saturated rings. The molecule has 0 heterocycles. The van der Waals surface area contributed by atoms with E-state index in [1.54, 1.807) is 0 Å². The first-order valence-electron chi connectivity index (χ1n) is 12.9. The molecule has 0 spiro atoms. The van der Waals surface area contributed by atoms with E-state index >= 15 is 0 Å². The van der Waals surface area contributed by atoms with E-state index in [9.17, 15) is 0 Å². The summed E-state index contributed by atoms with van der Waals surface area (Å²) in [6.07, 6.45) is 42.5. The molecule has 0 N–H and O–H groups in total. The number of unbranched alkanes of at least 4 members (excludes halogenated alkanes) is 8. The van der Waals surface area contributed by atoms with E-state index in [4.69, 9.17) is 4.74 Å². The molecular formula is C30H46O. The zero-order valence-electron chi connectivity index (χ0n) is 20.2. The molecule has 2 aliphatic rings. The summed E-state index contributed by atoms with van der Waals surface area (Å²) < 4.78 is 6.44. The van der Waals surface area contributed by atoms with Gasteiger partial charge in [0.15, 0.2) is 0 Å². The van der Waals surface area contributed by atoms with Crippen LogP contribution in [0.2, 0.25) is 0 Å². The minimum atomic E-state index is 0.0127. The van der Waals surface area contributed by atoms with Crippen LogP contribution in [-0.4, -0.2) is 13.2 Å². The van der Waals surface area contributed by atoms with Crippen molar-refractivity contribution in [3.05, 3.63) is 72.9 Å². The smallest absolute Gasteiger partial charge is 0.0595 e. The third-order valence-corrected chi connectivity index (χ3v) is 6.44. The van der Waals surface area contributed by atoms with Gasteiger partial charge in [-0.1, -0.05) is 125 Å². The Morgan fingerprint density at radius 3 is 1.52 bits per heavy atom. The molecule has 0 aromatic rings. The Kier molecular flexibility index (Phi) is 12.6. The lowest BCUT2D eigenvalue weighted by Crippen LogP contribution is -2.29. The van der Waals surface area contributed by atoms with Crippen LogP contribution in [0.15, 0.2) is 72.9 Å².